The third kappa shape index (κ3) is 1.34. The summed E-state index contributed by atoms with van der Waals surface area (Å²) < 4.78 is 2.45. The van der Waals surface area contributed by atoms with Crippen LogP contribution in [0.5, 0.6) is 0 Å². The van der Waals surface area contributed by atoms with Crippen molar-refractivity contribution in [1.29, 1.82) is 0 Å². The highest BCUT2D eigenvalue weighted by Gasteiger charge is 2.13. The Morgan fingerprint density at radius 1 is 1.39 bits per heavy atom. The lowest BCUT2D eigenvalue weighted by Gasteiger charge is -2.01. The van der Waals surface area contributed by atoms with Gasteiger partial charge in [0, 0.05) is 12.3 Å². The van der Waals surface area contributed by atoms with E-state index in [9.17, 15) is 9.59 Å². The smallest absolute Gasteiger partial charge is 0.273 e. The number of nitrogens with one attached hydrogen (secondary N) is 1. The van der Waals surface area contributed by atoms with Crippen molar-refractivity contribution < 1.29 is 4.79 Å². The average molecular weight is 260 g/mol. The summed E-state index contributed by atoms with van der Waals surface area (Å²) in [5, 5.41) is 7.46. The second kappa shape index (κ2) is 3.61. The molecule has 1 aromatic carbocycles. The lowest BCUT2D eigenvalue weighted by molar-refractivity contribution is 0.0914. The van der Waals surface area contributed by atoms with E-state index in [1.807, 2.05) is 6.07 Å². The number of carbonyl (C=O) groups excluding carboxylic acids is 1. The van der Waals surface area contributed by atoms with Crippen LogP contribution in [0, 0.1) is 4.77 Å². The fourth-order valence-corrected chi connectivity index (χ4v) is 2.13. The van der Waals surface area contributed by atoms with E-state index in [0.29, 0.717) is 16.4 Å². The van der Waals surface area contributed by atoms with Gasteiger partial charge in [0.1, 0.15) is 5.52 Å². The average Bonchev–Trinajstić information content (AvgIpc) is 2.73. The molecule has 0 saturated heterocycles. The summed E-state index contributed by atoms with van der Waals surface area (Å²) in [6.07, 6.45) is 0. The fourth-order valence-electron chi connectivity index (χ4n) is 1.91. The van der Waals surface area contributed by atoms with Gasteiger partial charge in [-0.05, 0) is 18.3 Å². The molecule has 0 unspecified atom stereocenters. The van der Waals surface area contributed by atoms with Crippen molar-refractivity contribution in [3.05, 3.63) is 39.4 Å². The van der Waals surface area contributed by atoms with Crippen molar-refractivity contribution in [2.75, 3.05) is 0 Å². The summed E-state index contributed by atoms with van der Waals surface area (Å²) in [6, 6.07) is 7.19. The maximum Gasteiger partial charge on any atom is 0.298 e. The molecule has 0 saturated carbocycles. The highest BCUT2D eigenvalue weighted by Crippen LogP contribution is 2.15. The Hall–Kier alpha value is -2.28. The van der Waals surface area contributed by atoms with Crippen molar-refractivity contribution in [2.24, 2.45) is 0 Å². The minimum absolute atomic E-state index is 0.205. The van der Waals surface area contributed by atoms with E-state index in [0.717, 1.165) is 4.68 Å². The number of carbonyl (C=O) groups is 1. The molecule has 0 radical (unpaired) electrons. The number of rotatable bonds is 0. The van der Waals surface area contributed by atoms with Crippen LogP contribution in [-0.4, -0.2) is 25.3 Å². The molecule has 0 spiro atoms. The lowest BCUT2D eigenvalue weighted by Crippen LogP contribution is -2.29. The normalized spacial score (nSPS) is 11.2. The molecule has 6 nitrogen and oxygen atoms in total. The van der Waals surface area contributed by atoms with Crippen LogP contribution in [0.3, 0.4) is 0 Å². The van der Waals surface area contributed by atoms with Gasteiger partial charge in [-0.3, -0.25) is 14.7 Å². The quantitative estimate of drug-likeness (QED) is 0.620. The van der Waals surface area contributed by atoms with E-state index in [1.165, 1.54) is 11.4 Å². The van der Waals surface area contributed by atoms with Crippen LogP contribution in [0.4, 0.5) is 0 Å². The Morgan fingerprint density at radius 3 is 2.83 bits per heavy atom. The van der Waals surface area contributed by atoms with Crippen LogP contribution in [0.2, 0.25) is 0 Å². The number of H-pyrrole nitrogens is 1. The van der Waals surface area contributed by atoms with Gasteiger partial charge in [0.05, 0.1) is 5.52 Å². The molecule has 0 fully saturated rings. The first-order valence-electron chi connectivity index (χ1n) is 5.23. The first-order chi connectivity index (χ1) is 8.59. The predicted octanol–water partition coefficient (Wildman–Crippen LogP) is 1.37. The van der Waals surface area contributed by atoms with Crippen molar-refractivity contribution in [3.8, 4) is 0 Å². The Bertz CT molecular complexity index is 903. The summed E-state index contributed by atoms with van der Waals surface area (Å²) in [5.74, 6) is -0.418. The SMILES string of the molecule is CC(=O)n1[nH]c(=S)n2nc3ccccc3c2c1=O. The first kappa shape index (κ1) is 10.8. The van der Waals surface area contributed by atoms with Crippen LogP contribution in [0.1, 0.15) is 11.7 Å². The number of benzene rings is 1. The third-order valence-electron chi connectivity index (χ3n) is 2.70. The van der Waals surface area contributed by atoms with Crippen LogP contribution < -0.4 is 5.56 Å². The van der Waals surface area contributed by atoms with Crippen molar-refractivity contribution in [1.82, 2.24) is 19.4 Å². The number of fused-ring (bicyclic) bond motifs is 3. The van der Waals surface area contributed by atoms with Crippen molar-refractivity contribution in [3.63, 3.8) is 0 Å². The Kier molecular flexibility index (Phi) is 2.17. The predicted molar refractivity (Wildman–Crippen MR) is 68.4 cm³/mol. The van der Waals surface area contributed by atoms with E-state index < -0.39 is 11.5 Å². The molecule has 0 atom stereocenters. The molecule has 1 N–H and O–H groups in total. The molecule has 3 aromatic rings. The zero-order chi connectivity index (χ0) is 12.9. The van der Waals surface area contributed by atoms with Gasteiger partial charge in [-0.15, -0.1) is 0 Å². The molecule has 2 aromatic heterocycles. The number of hydrogen-bond donors (Lipinski definition) is 1. The van der Waals surface area contributed by atoms with Gasteiger partial charge in [0.15, 0.2) is 0 Å². The maximum absolute atomic E-state index is 12.2. The first-order valence-corrected chi connectivity index (χ1v) is 5.64. The molecule has 90 valence electrons. The van der Waals surface area contributed by atoms with Gasteiger partial charge >= 0.3 is 0 Å². The van der Waals surface area contributed by atoms with Gasteiger partial charge in [-0.2, -0.15) is 14.3 Å². The Morgan fingerprint density at radius 2 is 2.11 bits per heavy atom. The molecular formula is C11H8N4O2S. The van der Waals surface area contributed by atoms with Crippen molar-refractivity contribution >= 4 is 34.5 Å². The van der Waals surface area contributed by atoms with Gasteiger partial charge in [0.2, 0.25) is 10.7 Å². The molecular weight excluding hydrogens is 252 g/mol. The summed E-state index contributed by atoms with van der Waals surface area (Å²) in [4.78, 5) is 23.6. The van der Waals surface area contributed by atoms with Crippen LogP contribution in [0.25, 0.3) is 16.4 Å². The number of aromatic amines is 1. The van der Waals surface area contributed by atoms with Crippen LogP contribution in [0.15, 0.2) is 29.1 Å². The van der Waals surface area contributed by atoms with Gasteiger partial charge < -0.3 is 0 Å². The molecule has 0 aliphatic carbocycles. The molecule has 18 heavy (non-hydrogen) atoms. The van der Waals surface area contributed by atoms with E-state index in [1.54, 1.807) is 18.2 Å². The van der Waals surface area contributed by atoms with E-state index in [-0.39, 0.29) is 4.77 Å². The largest absolute Gasteiger partial charge is 0.298 e. The van der Waals surface area contributed by atoms with Crippen LogP contribution in [-0.2, 0) is 0 Å². The summed E-state index contributed by atoms with van der Waals surface area (Å²) in [6.45, 7) is 1.29. The highest BCUT2D eigenvalue weighted by atomic mass is 32.1. The second-order valence-electron chi connectivity index (χ2n) is 3.85. The van der Waals surface area contributed by atoms with E-state index in [2.05, 4.69) is 10.2 Å². The molecule has 3 rings (SSSR count). The number of aromatic nitrogens is 4. The number of nitrogens with zero attached hydrogens (tertiary/aromatic N) is 3. The monoisotopic (exact) mass is 260 g/mol. The van der Waals surface area contributed by atoms with Crippen LogP contribution >= 0.6 is 12.2 Å². The number of hydrogen-bond acceptors (Lipinski definition) is 4. The van der Waals surface area contributed by atoms with E-state index in [4.69, 9.17) is 12.2 Å². The standard InChI is InChI=1S/C11H8N4O2S/c1-6(16)14-10(17)9-7-4-2-3-5-8(7)12-15(9)11(18)13-14/h2-5H,1H3,(H,13,18). The summed E-state index contributed by atoms with van der Waals surface area (Å²) in [7, 11) is 0. The lowest BCUT2D eigenvalue weighted by atomic mass is 10.2. The van der Waals surface area contributed by atoms with E-state index >= 15 is 0 Å². The van der Waals surface area contributed by atoms with Gasteiger partial charge in [0.25, 0.3) is 5.56 Å². The molecule has 7 heteroatoms. The maximum atomic E-state index is 12.2. The molecule has 0 amide bonds. The Balaban J connectivity index is 2.68. The fraction of sp³-hybridized carbons (Fsp3) is 0.0909. The zero-order valence-electron chi connectivity index (χ0n) is 9.38. The van der Waals surface area contributed by atoms with Gasteiger partial charge in [-0.1, -0.05) is 18.2 Å². The zero-order valence-corrected chi connectivity index (χ0v) is 10.2. The molecule has 2 heterocycles. The Labute approximate surface area is 105 Å². The summed E-state index contributed by atoms with van der Waals surface area (Å²) in [5.41, 5.74) is 0.518. The minimum atomic E-state index is -0.454. The molecule has 0 aliphatic heterocycles. The topological polar surface area (TPSA) is 72.2 Å². The molecule has 0 aliphatic rings. The van der Waals surface area contributed by atoms with Gasteiger partial charge in [-0.25, -0.2) is 0 Å². The highest BCUT2D eigenvalue weighted by molar-refractivity contribution is 7.71. The van der Waals surface area contributed by atoms with Crippen molar-refractivity contribution in [2.45, 2.75) is 6.92 Å². The summed E-state index contributed by atoms with van der Waals surface area (Å²) >= 11 is 5.09. The second-order valence-corrected chi connectivity index (χ2v) is 4.24. The minimum Gasteiger partial charge on any atom is -0.273 e. The third-order valence-corrected chi connectivity index (χ3v) is 2.96. The molecule has 0 bridgehead atoms.